The second-order valence-corrected chi connectivity index (χ2v) is 8.02. The van der Waals surface area contributed by atoms with Crippen molar-refractivity contribution in [2.75, 3.05) is 30.5 Å². The van der Waals surface area contributed by atoms with Crippen molar-refractivity contribution in [1.29, 1.82) is 0 Å². The largest absolute Gasteiger partial charge is 0.497 e. The van der Waals surface area contributed by atoms with Crippen LogP contribution in [0.25, 0.3) is 0 Å². The predicted octanol–water partition coefficient (Wildman–Crippen LogP) is 2.29. The molecule has 1 fully saturated rings. The van der Waals surface area contributed by atoms with Crippen LogP contribution in [-0.2, 0) is 9.84 Å². The van der Waals surface area contributed by atoms with Crippen LogP contribution in [0.15, 0.2) is 24.3 Å². The fraction of sp³-hybridized carbons (Fsp3) is 0.533. The fourth-order valence-electron chi connectivity index (χ4n) is 2.58. The number of nitrogens with zero attached hydrogens (tertiary/aromatic N) is 1. The number of ether oxygens (including phenoxy) is 1. The first-order valence-corrected chi connectivity index (χ1v) is 9.60. The van der Waals surface area contributed by atoms with Gasteiger partial charge in [0.15, 0.2) is 14.9 Å². The highest BCUT2D eigenvalue weighted by atomic mass is 32.2. The summed E-state index contributed by atoms with van der Waals surface area (Å²) in [5.74, 6) is 1.23. The van der Waals surface area contributed by atoms with Gasteiger partial charge >= 0.3 is 0 Å². The monoisotopic (exact) mass is 342 g/mol. The van der Waals surface area contributed by atoms with Crippen molar-refractivity contribution in [1.82, 2.24) is 4.90 Å². The molecule has 0 unspecified atom stereocenters. The van der Waals surface area contributed by atoms with Gasteiger partial charge in [0.25, 0.3) is 0 Å². The van der Waals surface area contributed by atoms with Crippen LogP contribution >= 0.6 is 12.2 Å². The lowest BCUT2D eigenvalue weighted by atomic mass is 10.2. The Kier molecular flexibility index (Phi) is 5.63. The molecule has 0 saturated carbocycles. The highest BCUT2D eigenvalue weighted by molar-refractivity contribution is 7.91. The van der Waals surface area contributed by atoms with E-state index >= 15 is 0 Å². The molecular formula is C15H22N2O3S2. The van der Waals surface area contributed by atoms with E-state index in [0.717, 1.165) is 24.4 Å². The molecule has 7 heteroatoms. The summed E-state index contributed by atoms with van der Waals surface area (Å²) < 4.78 is 28.5. The highest BCUT2D eigenvalue weighted by Crippen LogP contribution is 2.20. The molecule has 0 aliphatic carbocycles. The summed E-state index contributed by atoms with van der Waals surface area (Å²) in [4.78, 5) is 2.00. The zero-order valence-electron chi connectivity index (χ0n) is 12.9. The maximum atomic E-state index is 11.7. The second-order valence-electron chi connectivity index (χ2n) is 5.41. The van der Waals surface area contributed by atoms with Crippen LogP contribution in [0.3, 0.4) is 0 Å². The number of anilines is 1. The SMILES string of the molecule is CCCN(C(=S)Nc1ccc(OC)cc1)[C@@H]1CCS(=O)(=O)C1. The number of thiocarbonyl (C=S) groups is 1. The van der Waals surface area contributed by atoms with E-state index in [-0.39, 0.29) is 17.5 Å². The van der Waals surface area contributed by atoms with E-state index in [1.807, 2.05) is 29.2 Å². The third-order valence-corrected chi connectivity index (χ3v) is 5.80. The van der Waals surface area contributed by atoms with Crippen LogP contribution in [0.2, 0.25) is 0 Å². The van der Waals surface area contributed by atoms with E-state index in [9.17, 15) is 8.42 Å². The molecule has 0 amide bonds. The van der Waals surface area contributed by atoms with Gasteiger partial charge in [-0.2, -0.15) is 0 Å². The van der Waals surface area contributed by atoms with Gasteiger partial charge in [-0.1, -0.05) is 6.92 Å². The molecule has 22 heavy (non-hydrogen) atoms. The summed E-state index contributed by atoms with van der Waals surface area (Å²) in [6.45, 7) is 2.81. The number of methoxy groups -OCH3 is 1. The van der Waals surface area contributed by atoms with Gasteiger partial charge < -0.3 is 15.0 Å². The number of sulfone groups is 1. The Hall–Kier alpha value is -1.34. The summed E-state index contributed by atoms with van der Waals surface area (Å²) in [6.07, 6.45) is 1.56. The first-order valence-electron chi connectivity index (χ1n) is 7.37. The van der Waals surface area contributed by atoms with E-state index in [1.165, 1.54) is 0 Å². The molecule has 1 heterocycles. The molecule has 0 radical (unpaired) electrons. The van der Waals surface area contributed by atoms with Crippen molar-refractivity contribution in [3.8, 4) is 5.75 Å². The Morgan fingerprint density at radius 2 is 2.09 bits per heavy atom. The van der Waals surface area contributed by atoms with E-state index in [0.29, 0.717) is 11.5 Å². The van der Waals surface area contributed by atoms with Gasteiger partial charge in [0.2, 0.25) is 0 Å². The number of hydrogen-bond acceptors (Lipinski definition) is 4. The van der Waals surface area contributed by atoms with Crippen LogP contribution in [0, 0.1) is 0 Å². The van der Waals surface area contributed by atoms with Gasteiger partial charge in [0, 0.05) is 18.3 Å². The Balaban J connectivity index is 2.05. The van der Waals surface area contributed by atoms with Gasteiger partial charge in [-0.25, -0.2) is 8.42 Å². The average Bonchev–Trinajstić information content (AvgIpc) is 2.85. The highest BCUT2D eigenvalue weighted by Gasteiger charge is 2.33. The maximum absolute atomic E-state index is 11.7. The Labute approximate surface area is 137 Å². The van der Waals surface area contributed by atoms with Crippen molar-refractivity contribution in [3.63, 3.8) is 0 Å². The van der Waals surface area contributed by atoms with Gasteiger partial charge in [0.05, 0.1) is 18.6 Å². The summed E-state index contributed by atoms with van der Waals surface area (Å²) in [7, 11) is -1.30. The third-order valence-electron chi connectivity index (χ3n) is 3.72. The molecule has 1 atom stereocenters. The summed E-state index contributed by atoms with van der Waals surface area (Å²) in [5.41, 5.74) is 0.868. The number of nitrogens with one attached hydrogen (secondary N) is 1. The van der Waals surface area contributed by atoms with Crippen molar-refractivity contribution < 1.29 is 13.2 Å². The van der Waals surface area contributed by atoms with Crippen LogP contribution in [0.4, 0.5) is 5.69 Å². The van der Waals surface area contributed by atoms with Gasteiger partial charge in [0.1, 0.15) is 5.75 Å². The van der Waals surface area contributed by atoms with Gasteiger partial charge in [-0.15, -0.1) is 0 Å². The molecule has 1 saturated heterocycles. The second kappa shape index (κ2) is 7.28. The van der Waals surface area contributed by atoms with Crippen molar-refractivity contribution in [3.05, 3.63) is 24.3 Å². The van der Waals surface area contributed by atoms with Crippen LogP contribution < -0.4 is 10.1 Å². The van der Waals surface area contributed by atoms with Gasteiger partial charge in [-0.3, -0.25) is 0 Å². The molecule has 0 aromatic heterocycles. The number of rotatable bonds is 5. The summed E-state index contributed by atoms with van der Waals surface area (Å²) >= 11 is 5.48. The molecule has 1 aromatic rings. The molecule has 1 aromatic carbocycles. The van der Waals surface area contributed by atoms with Crippen molar-refractivity contribution >= 4 is 32.9 Å². The topological polar surface area (TPSA) is 58.6 Å². The normalized spacial score (nSPS) is 19.6. The van der Waals surface area contributed by atoms with E-state index < -0.39 is 9.84 Å². The molecule has 5 nitrogen and oxygen atoms in total. The molecule has 0 bridgehead atoms. The smallest absolute Gasteiger partial charge is 0.173 e. The number of benzene rings is 1. The lowest BCUT2D eigenvalue weighted by Crippen LogP contribution is -2.43. The van der Waals surface area contributed by atoms with E-state index in [1.54, 1.807) is 7.11 Å². The quantitative estimate of drug-likeness (QED) is 0.829. The average molecular weight is 342 g/mol. The van der Waals surface area contributed by atoms with Crippen LogP contribution in [-0.4, -0.2) is 49.6 Å². The molecule has 122 valence electrons. The van der Waals surface area contributed by atoms with Crippen molar-refractivity contribution in [2.45, 2.75) is 25.8 Å². The van der Waals surface area contributed by atoms with E-state index in [4.69, 9.17) is 17.0 Å². The minimum Gasteiger partial charge on any atom is -0.497 e. The first-order chi connectivity index (χ1) is 10.4. The minimum absolute atomic E-state index is 0.0248. The van der Waals surface area contributed by atoms with E-state index in [2.05, 4.69) is 12.2 Å². The molecule has 1 aliphatic rings. The Bertz CT molecular complexity index is 614. The standard InChI is InChI=1S/C15H22N2O3S2/c1-3-9-17(13-8-10-22(18,19)11-13)15(21)16-12-4-6-14(20-2)7-5-12/h4-7,13H,3,8-11H2,1-2H3,(H,16,21)/t13-/m1/s1. The summed E-state index contributed by atoms with van der Waals surface area (Å²) in [6, 6.07) is 7.47. The Morgan fingerprint density at radius 1 is 1.41 bits per heavy atom. The molecule has 2 rings (SSSR count). The third kappa shape index (κ3) is 4.33. The van der Waals surface area contributed by atoms with Crippen LogP contribution in [0.1, 0.15) is 19.8 Å². The zero-order valence-corrected chi connectivity index (χ0v) is 14.5. The minimum atomic E-state index is -2.92. The molecular weight excluding hydrogens is 320 g/mol. The van der Waals surface area contributed by atoms with Crippen molar-refractivity contribution in [2.24, 2.45) is 0 Å². The first kappa shape index (κ1) is 17.0. The zero-order chi connectivity index (χ0) is 16.2. The molecule has 1 N–H and O–H groups in total. The predicted molar refractivity (Wildman–Crippen MR) is 93.3 cm³/mol. The fourth-order valence-corrected chi connectivity index (χ4v) is 4.67. The lowest BCUT2D eigenvalue weighted by Gasteiger charge is -2.30. The number of hydrogen-bond donors (Lipinski definition) is 1. The lowest BCUT2D eigenvalue weighted by molar-refractivity contribution is 0.339. The molecule has 0 spiro atoms. The maximum Gasteiger partial charge on any atom is 0.173 e. The van der Waals surface area contributed by atoms with Gasteiger partial charge in [-0.05, 0) is 49.3 Å². The Morgan fingerprint density at radius 3 is 2.59 bits per heavy atom. The summed E-state index contributed by atoms with van der Waals surface area (Å²) in [5, 5.41) is 3.77. The molecule has 1 aliphatic heterocycles. The van der Waals surface area contributed by atoms with Crippen LogP contribution in [0.5, 0.6) is 5.75 Å².